The topological polar surface area (TPSA) is 84.9 Å². The minimum absolute atomic E-state index is 0.0175. The molecule has 3 aromatic rings. The number of methoxy groups -OCH3 is 1. The van der Waals surface area contributed by atoms with E-state index in [4.69, 9.17) is 21.1 Å². The minimum Gasteiger partial charge on any atom is -0.482 e. The molecule has 3 aromatic carbocycles. The summed E-state index contributed by atoms with van der Waals surface area (Å²) in [6.07, 6.45) is 0. The minimum atomic E-state index is -0.747. The van der Waals surface area contributed by atoms with E-state index < -0.39 is 17.7 Å². The van der Waals surface area contributed by atoms with Crippen LogP contribution in [0.4, 0.5) is 15.8 Å². The number of halogens is 2. The van der Waals surface area contributed by atoms with Gasteiger partial charge in [-0.25, -0.2) is 9.18 Å². The lowest BCUT2D eigenvalue weighted by Crippen LogP contribution is -2.38. The second-order valence-corrected chi connectivity index (χ2v) is 7.60. The Hall–Kier alpha value is -3.91. The number of amides is 2. The van der Waals surface area contributed by atoms with Crippen LogP contribution in [-0.4, -0.2) is 31.5 Å². The van der Waals surface area contributed by atoms with Gasteiger partial charge in [-0.15, -0.1) is 0 Å². The highest BCUT2D eigenvalue weighted by molar-refractivity contribution is 6.34. The average Bonchev–Trinajstić information content (AvgIpc) is 2.80. The fourth-order valence-electron chi connectivity index (χ4n) is 3.46. The lowest BCUT2D eigenvalue weighted by Gasteiger charge is -2.30. The Bertz CT molecular complexity index is 1240. The Morgan fingerprint density at radius 2 is 1.94 bits per heavy atom. The zero-order chi connectivity index (χ0) is 23.5. The van der Waals surface area contributed by atoms with Crippen molar-refractivity contribution < 1.29 is 28.2 Å². The molecule has 33 heavy (non-hydrogen) atoms. The Labute approximate surface area is 193 Å². The van der Waals surface area contributed by atoms with Crippen molar-refractivity contribution in [2.24, 2.45) is 0 Å². The molecule has 0 aromatic heterocycles. The van der Waals surface area contributed by atoms with Crippen molar-refractivity contribution in [3.63, 3.8) is 0 Å². The first-order valence-electron chi connectivity index (χ1n) is 9.87. The molecule has 7 nitrogen and oxygen atoms in total. The highest BCUT2D eigenvalue weighted by Gasteiger charge is 2.27. The molecule has 0 saturated heterocycles. The summed E-state index contributed by atoms with van der Waals surface area (Å²) < 4.78 is 24.4. The molecule has 9 heteroatoms. The monoisotopic (exact) mass is 468 g/mol. The molecule has 0 saturated carbocycles. The molecular weight excluding hydrogens is 451 g/mol. The van der Waals surface area contributed by atoms with Gasteiger partial charge in [0.1, 0.15) is 11.6 Å². The van der Waals surface area contributed by atoms with Crippen molar-refractivity contribution in [3.8, 4) is 5.75 Å². The largest absolute Gasteiger partial charge is 0.482 e. The predicted octanol–water partition coefficient (Wildman–Crippen LogP) is 4.44. The van der Waals surface area contributed by atoms with Crippen LogP contribution in [0.5, 0.6) is 5.75 Å². The first kappa shape index (κ1) is 22.3. The van der Waals surface area contributed by atoms with E-state index in [1.165, 1.54) is 24.1 Å². The number of hydrogen-bond donors (Lipinski definition) is 1. The predicted molar refractivity (Wildman–Crippen MR) is 120 cm³/mol. The summed E-state index contributed by atoms with van der Waals surface area (Å²) in [5, 5.41) is 2.59. The molecule has 2 amide bonds. The van der Waals surface area contributed by atoms with E-state index in [1.54, 1.807) is 42.5 Å². The average molecular weight is 469 g/mol. The van der Waals surface area contributed by atoms with E-state index in [2.05, 4.69) is 5.32 Å². The summed E-state index contributed by atoms with van der Waals surface area (Å²) in [5.74, 6) is -1.81. The highest BCUT2D eigenvalue weighted by atomic mass is 35.5. The molecule has 0 aliphatic carbocycles. The number of hydrogen-bond acceptors (Lipinski definition) is 5. The van der Waals surface area contributed by atoms with Crippen LogP contribution < -0.4 is 15.0 Å². The van der Waals surface area contributed by atoms with Gasteiger partial charge in [0.05, 0.1) is 35.5 Å². The molecule has 168 valence electrons. The van der Waals surface area contributed by atoms with Gasteiger partial charge in [0.15, 0.2) is 6.61 Å². The normalized spacial score (nSPS) is 12.6. The molecule has 1 aliphatic heterocycles. The van der Waals surface area contributed by atoms with Gasteiger partial charge in [-0.1, -0.05) is 29.8 Å². The second kappa shape index (κ2) is 9.30. The van der Waals surface area contributed by atoms with Crippen LogP contribution in [0.15, 0.2) is 60.7 Å². The maximum Gasteiger partial charge on any atom is 0.337 e. The molecule has 4 rings (SSSR count). The number of rotatable bonds is 5. The number of anilines is 2. The molecule has 0 radical (unpaired) electrons. The van der Waals surface area contributed by atoms with Gasteiger partial charge in [0, 0.05) is 5.69 Å². The third-order valence-corrected chi connectivity index (χ3v) is 5.35. The van der Waals surface area contributed by atoms with Gasteiger partial charge in [-0.05, 0) is 48.0 Å². The Kier molecular flexibility index (Phi) is 6.28. The lowest BCUT2D eigenvalue weighted by atomic mass is 10.1. The number of benzene rings is 3. The molecular formula is C24H18ClFN2O5. The summed E-state index contributed by atoms with van der Waals surface area (Å²) in [6.45, 7) is 0.0107. The van der Waals surface area contributed by atoms with Crippen LogP contribution in [0.1, 0.15) is 26.3 Å². The van der Waals surface area contributed by atoms with E-state index >= 15 is 0 Å². The molecule has 0 atom stereocenters. The smallest absolute Gasteiger partial charge is 0.337 e. The Morgan fingerprint density at radius 1 is 1.15 bits per heavy atom. The number of esters is 1. The third-order valence-electron chi connectivity index (χ3n) is 5.04. The van der Waals surface area contributed by atoms with Crippen LogP contribution in [0.3, 0.4) is 0 Å². The first-order chi connectivity index (χ1) is 15.9. The zero-order valence-corrected chi connectivity index (χ0v) is 18.2. The second-order valence-electron chi connectivity index (χ2n) is 7.19. The lowest BCUT2D eigenvalue weighted by molar-refractivity contribution is -0.121. The molecule has 0 bridgehead atoms. The Balaban J connectivity index is 1.62. The van der Waals surface area contributed by atoms with E-state index in [0.717, 1.165) is 6.07 Å². The van der Waals surface area contributed by atoms with E-state index in [9.17, 15) is 18.8 Å². The van der Waals surface area contributed by atoms with Gasteiger partial charge in [0.2, 0.25) is 0 Å². The number of nitrogens with one attached hydrogen (secondary N) is 1. The van der Waals surface area contributed by atoms with E-state index in [-0.39, 0.29) is 29.6 Å². The van der Waals surface area contributed by atoms with Gasteiger partial charge in [0.25, 0.3) is 11.8 Å². The van der Waals surface area contributed by atoms with Crippen LogP contribution in [0.25, 0.3) is 0 Å². The van der Waals surface area contributed by atoms with Crippen molar-refractivity contribution in [1.82, 2.24) is 0 Å². The number of fused-ring (bicyclic) bond motifs is 1. The number of carbonyl (C=O) groups is 3. The van der Waals surface area contributed by atoms with Crippen molar-refractivity contribution >= 4 is 40.8 Å². The molecule has 0 fully saturated rings. The number of carbonyl (C=O) groups excluding carboxylic acids is 3. The number of nitrogens with zero attached hydrogens (tertiary/aromatic N) is 1. The highest BCUT2D eigenvalue weighted by Crippen LogP contribution is 2.36. The molecule has 1 heterocycles. The maximum atomic E-state index is 14.1. The quantitative estimate of drug-likeness (QED) is 0.559. The Morgan fingerprint density at radius 3 is 2.70 bits per heavy atom. The molecule has 0 spiro atoms. The molecule has 1 N–H and O–H groups in total. The van der Waals surface area contributed by atoms with Crippen molar-refractivity contribution in [2.75, 3.05) is 23.9 Å². The summed E-state index contributed by atoms with van der Waals surface area (Å²) in [7, 11) is 1.29. The fraction of sp³-hybridized carbons (Fsp3) is 0.125. The summed E-state index contributed by atoms with van der Waals surface area (Å²) in [4.78, 5) is 38.6. The SMILES string of the molecule is COC(=O)c1cccc(CN2C(=O)COc3ccc(NC(=O)c4c(F)cccc4Cl)cc32)c1. The zero-order valence-electron chi connectivity index (χ0n) is 17.4. The van der Waals surface area contributed by atoms with Crippen LogP contribution in [0.2, 0.25) is 5.02 Å². The van der Waals surface area contributed by atoms with Crippen molar-refractivity contribution in [2.45, 2.75) is 6.54 Å². The van der Waals surface area contributed by atoms with Crippen LogP contribution in [-0.2, 0) is 16.1 Å². The number of ether oxygens (including phenoxy) is 2. The van der Waals surface area contributed by atoms with Gasteiger partial charge < -0.3 is 19.7 Å². The van der Waals surface area contributed by atoms with Gasteiger partial charge >= 0.3 is 5.97 Å². The van der Waals surface area contributed by atoms with Gasteiger partial charge in [-0.2, -0.15) is 0 Å². The van der Waals surface area contributed by atoms with E-state index in [1.807, 2.05) is 0 Å². The van der Waals surface area contributed by atoms with Crippen molar-refractivity contribution in [3.05, 3.63) is 88.2 Å². The van der Waals surface area contributed by atoms with E-state index in [0.29, 0.717) is 28.3 Å². The fourth-order valence-corrected chi connectivity index (χ4v) is 3.71. The van der Waals surface area contributed by atoms with Crippen LogP contribution >= 0.6 is 11.6 Å². The van der Waals surface area contributed by atoms with Crippen molar-refractivity contribution in [1.29, 1.82) is 0 Å². The molecule has 0 unspecified atom stereocenters. The van der Waals surface area contributed by atoms with Gasteiger partial charge in [-0.3, -0.25) is 9.59 Å². The summed E-state index contributed by atoms with van der Waals surface area (Å²) >= 11 is 5.98. The maximum absolute atomic E-state index is 14.1. The van der Waals surface area contributed by atoms with Crippen LogP contribution in [0, 0.1) is 5.82 Å². The summed E-state index contributed by atoms with van der Waals surface area (Å²) in [5.41, 5.74) is 1.53. The third kappa shape index (κ3) is 4.65. The first-order valence-corrected chi connectivity index (χ1v) is 10.2. The summed E-state index contributed by atoms with van der Waals surface area (Å²) in [6, 6.07) is 15.4. The molecule has 1 aliphatic rings. The standard InChI is InChI=1S/C24H18ClFN2O5/c1-32-24(31)15-5-2-4-14(10-15)12-28-19-11-16(8-9-20(19)33-13-21(28)29)27-23(30)22-17(25)6-3-7-18(22)26/h2-11H,12-13H2,1H3,(H,27,30).